The molecule has 0 aromatic rings. The Labute approximate surface area is 125 Å². The second kappa shape index (κ2) is 7.63. The molecule has 1 aliphatic rings. The SMILES string of the molecule is CCCCN(C(=O)NC(CCS(C)(=O)=O)C(=O)O)C1CC1. The summed E-state index contributed by atoms with van der Waals surface area (Å²) < 4.78 is 22.2. The first-order chi connectivity index (χ1) is 9.74. The van der Waals surface area contributed by atoms with E-state index in [2.05, 4.69) is 5.32 Å². The third-order valence-corrected chi connectivity index (χ3v) is 4.35. The third-order valence-electron chi connectivity index (χ3n) is 3.37. The Kier molecular flexibility index (Phi) is 6.44. The van der Waals surface area contributed by atoms with Gasteiger partial charge in [0.05, 0.1) is 5.75 Å². The number of sulfone groups is 1. The lowest BCUT2D eigenvalue weighted by Crippen LogP contribution is -2.49. The van der Waals surface area contributed by atoms with Crippen LogP contribution in [0.2, 0.25) is 0 Å². The molecule has 1 rings (SSSR count). The maximum Gasteiger partial charge on any atom is 0.326 e. The van der Waals surface area contributed by atoms with Crippen molar-refractivity contribution in [1.29, 1.82) is 0 Å². The molecule has 2 N–H and O–H groups in total. The molecule has 1 atom stereocenters. The topological polar surface area (TPSA) is 104 Å². The molecule has 2 amide bonds. The van der Waals surface area contributed by atoms with Crippen molar-refractivity contribution in [1.82, 2.24) is 10.2 Å². The van der Waals surface area contributed by atoms with Gasteiger partial charge in [-0.3, -0.25) is 0 Å². The summed E-state index contributed by atoms with van der Waals surface area (Å²) in [7, 11) is -3.26. The van der Waals surface area contributed by atoms with Gasteiger partial charge in [0.25, 0.3) is 0 Å². The van der Waals surface area contributed by atoms with Crippen LogP contribution in [0, 0.1) is 0 Å². The van der Waals surface area contributed by atoms with Crippen molar-refractivity contribution in [2.45, 2.75) is 51.1 Å². The normalized spacial score (nSPS) is 16.3. The molecule has 21 heavy (non-hydrogen) atoms. The van der Waals surface area contributed by atoms with Crippen molar-refractivity contribution in [2.24, 2.45) is 0 Å². The molecular formula is C13H24N2O5S. The number of hydrogen-bond acceptors (Lipinski definition) is 4. The fourth-order valence-electron chi connectivity index (χ4n) is 1.99. The van der Waals surface area contributed by atoms with Crippen LogP contribution < -0.4 is 5.32 Å². The van der Waals surface area contributed by atoms with Crippen molar-refractivity contribution < 1.29 is 23.1 Å². The summed E-state index contributed by atoms with van der Waals surface area (Å²) in [6, 6.07) is -1.39. The summed E-state index contributed by atoms with van der Waals surface area (Å²) in [5.74, 6) is -1.47. The molecular weight excluding hydrogens is 296 g/mol. The van der Waals surface area contributed by atoms with Gasteiger partial charge in [0, 0.05) is 18.8 Å². The number of urea groups is 1. The highest BCUT2D eigenvalue weighted by Crippen LogP contribution is 2.27. The van der Waals surface area contributed by atoms with Gasteiger partial charge < -0.3 is 15.3 Å². The molecule has 7 nitrogen and oxygen atoms in total. The monoisotopic (exact) mass is 320 g/mol. The number of rotatable bonds is 9. The van der Waals surface area contributed by atoms with E-state index < -0.39 is 27.9 Å². The molecule has 0 spiro atoms. The molecule has 0 aliphatic heterocycles. The zero-order valence-electron chi connectivity index (χ0n) is 12.5. The van der Waals surface area contributed by atoms with E-state index >= 15 is 0 Å². The molecule has 0 aromatic heterocycles. The van der Waals surface area contributed by atoms with Gasteiger partial charge >= 0.3 is 12.0 Å². The van der Waals surface area contributed by atoms with Crippen LogP contribution in [-0.4, -0.2) is 61.1 Å². The van der Waals surface area contributed by atoms with E-state index in [-0.39, 0.29) is 18.2 Å². The quantitative estimate of drug-likeness (QED) is 0.655. The zero-order chi connectivity index (χ0) is 16.0. The number of nitrogens with one attached hydrogen (secondary N) is 1. The first kappa shape index (κ1) is 17.7. The summed E-state index contributed by atoms with van der Waals surface area (Å²) in [5, 5.41) is 11.5. The molecule has 1 unspecified atom stereocenters. The molecule has 1 aliphatic carbocycles. The number of carboxylic acid groups (broad SMARTS) is 1. The van der Waals surface area contributed by atoms with Gasteiger partial charge in [-0.1, -0.05) is 13.3 Å². The van der Waals surface area contributed by atoms with Crippen LogP contribution in [0.1, 0.15) is 39.0 Å². The van der Waals surface area contributed by atoms with Crippen molar-refractivity contribution in [2.75, 3.05) is 18.6 Å². The number of unbranched alkanes of at least 4 members (excludes halogenated alkanes) is 1. The summed E-state index contributed by atoms with van der Waals surface area (Å²) >= 11 is 0. The zero-order valence-corrected chi connectivity index (χ0v) is 13.4. The van der Waals surface area contributed by atoms with Gasteiger partial charge in [-0.05, 0) is 25.7 Å². The summed E-state index contributed by atoms with van der Waals surface area (Å²) in [6.07, 6.45) is 4.63. The fourth-order valence-corrected chi connectivity index (χ4v) is 2.65. The smallest absolute Gasteiger partial charge is 0.326 e. The number of hydrogen-bond donors (Lipinski definition) is 2. The van der Waals surface area contributed by atoms with Gasteiger partial charge in [-0.25, -0.2) is 18.0 Å². The number of carboxylic acids is 1. The first-order valence-corrected chi connectivity index (χ1v) is 9.28. The van der Waals surface area contributed by atoms with Crippen LogP contribution in [0.3, 0.4) is 0 Å². The van der Waals surface area contributed by atoms with Gasteiger partial charge in [0.2, 0.25) is 0 Å². The Balaban J connectivity index is 2.59. The van der Waals surface area contributed by atoms with Crippen LogP contribution in [0.25, 0.3) is 0 Å². The number of nitrogens with zero attached hydrogens (tertiary/aromatic N) is 1. The maximum atomic E-state index is 12.2. The van der Waals surface area contributed by atoms with Gasteiger partial charge in [0.15, 0.2) is 0 Å². The molecule has 8 heteroatoms. The summed E-state index contributed by atoms with van der Waals surface area (Å²) in [5.41, 5.74) is 0. The fraction of sp³-hybridized carbons (Fsp3) is 0.846. The van der Waals surface area contributed by atoms with E-state index in [0.29, 0.717) is 6.54 Å². The Morgan fingerprint density at radius 2 is 2.00 bits per heavy atom. The highest BCUT2D eigenvalue weighted by molar-refractivity contribution is 7.90. The van der Waals surface area contributed by atoms with E-state index in [1.807, 2.05) is 6.92 Å². The predicted molar refractivity (Wildman–Crippen MR) is 78.9 cm³/mol. The first-order valence-electron chi connectivity index (χ1n) is 7.22. The van der Waals surface area contributed by atoms with Crippen molar-refractivity contribution in [3.05, 3.63) is 0 Å². The lowest BCUT2D eigenvalue weighted by atomic mass is 10.2. The predicted octanol–water partition coefficient (Wildman–Crippen LogP) is 0.848. The van der Waals surface area contributed by atoms with Gasteiger partial charge in [0.1, 0.15) is 15.9 Å². The number of carbonyl (C=O) groups is 2. The minimum absolute atomic E-state index is 0.119. The minimum Gasteiger partial charge on any atom is -0.480 e. The largest absolute Gasteiger partial charge is 0.480 e. The molecule has 0 aromatic carbocycles. The molecule has 0 radical (unpaired) electrons. The average Bonchev–Trinajstić information content (AvgIpc) is 3.17. The Morgan fingerprint density at radius 3 is 2.43 bits per heavy atom. The molecule has 1 saturated carbocycles. The average molecular weight is 320 g/mol. The molecule has 122 valence electrons. The minimum atomic E-state index is -3.26. The number of aliphatic carboxylic acids is 1. The summed E-state index contributed by atoms with van der Waals surface area (Å²) in [6.45, 7) is 2.63. The van der Waals surface area contributed by atoms with Crippen LogP contribution >= 0.6 is 0 Å². The van der Waals surface area contributed by atoms with Crippen molar-refractivity contribution in [3.8, 4) is 0 Å². The van der Waals surface area contributed by atoms with E-state index in [0.717, 1.165) is 31.9 Å². The van der Waals surface area contributed by atoms with E-state index in [1.54, 1.807) is 4.90 Å². The summed E-state index contributed by atoms with van der Waals surface area (Å²) in [4.78, 5) is 25.0. The second-order valence-corrected chi connectivity index (χ2v) is 7.80. The molecule has 0 heterocycles. The number of carbonyl (C=O) groups excluding carboxylic acids is 1. The maximum absolute atomic E-state index is 12.2. The standard InChI is InChI=1S/C13H24N2O5S/c1-3-4-8-15(10-5-6-10)13(18)14-11(12(16)17)7-9-21(2,19)20/h10-11H,3-9H2,1-2H3,(H,14,18)(H,16,17). The highest BCUT2D eigenvalue weighted by Gasteiger charge is 2.33. The molecule has 0 bridgehead atoms. The van der Waals surface area contributed by atoms with Crippen molar-refractivity contribution >= 4 is 21.8 Å². The van der Waals surface area contributed by atoms with Crippen LogP contribution in [-0.2, 0) is 14.6 Å². The van der Waals surface area contributed by atoms with Crippen LogP contribution in [0.4, 0.5) is 4.79 Å². The molecule has 1 fully saturated rings. The second-order valence-electron chi connectivity index (χ2n) is 5.54. The van der Waals surface area contributed by atoms with E-state index in [1.165, 1.54) is 0 Å². The highest BCUT2D eigenvalue weighted by atomic mass is 32.2. The lowest BCUT2D eigenvalue weighted by molar-refractivity contribution is -0.139. The molecule has 0 saturated heterocycles. The Hall–Kier alpha value is -1.31. The number of amides is 2. The Morgan fingerprint density at radius 1 is 1.38 bits per heavy atom. The third kappa shape index (κ3) is 6.79. The van der Waals surface area contributed by atoms with Gasteiger partial charge in [-0.15, -0.1) is 0 Å². The lowest BCUT2D eigenvalue weighted by Gasteiger charge is -2.25. The van der Waals surface area contributed by atoms with Gasteiger partial charge in [-0.2, -0.15) is 0 Å². The van der Waals surface area contributed by atoms with Crippen molar-refractivity contribution in [3.63, 3.8) is 0 Å². The van der Waals surface area contributed by atoms with E-state index in [9.17, 15) is 18.0 Å². The Bertz CT molecular complexity index is 473. The van der Waals surface area contributed by atoms with Crippen LogP contribution in [0.15, 0.2) is 0 Å². The van der Waals surface area contributed by atoms with E-state index in [4.69, 9.17) is 5.11 Å². The van der Waals surface area contributed by atoms with Crippen LogP contribution in [0.5, 0.6) is 0 Å².